The van der Waals surface area contributed by atoms with Crippen molar-refractivity contribution in [2.24, 2.45) is 0 Å². The van der Waals surface area contributed by atoms with Crippen LogP contribution >= 0.6 is 0 Å². The fourth-order valence-electron chi connectivity index (χ4n) is 4.91. The lowest BCUT2D eigenvalue weighted by molar-refractivity contribution is -0.921. The van der Waals surface area contributed by atoms with Crippen LogP contribution in [-0.4, -0.2) is 54.4 Å². The standard InChI is InChI=1S/C32H34N2O8/c1-3-16-34(18-22-6-4-5-7-26(22)31(37)33-17-21-8-11-24(40-2)12-9-21)19-23-10-14-27-30(29(23)32(38)39)41-20-25(42-27)13-15-28(35)36/h3-12,14,25H,1,13,15-20H2,2H3,(H,33,37)(H,35,36)(H,38,39)/p+1/t25-/m0/s1. The third kappa shape index (κ3) is 7.67. The van der Waals surface area contributed by atoms with Gasteiger partial charge in [-0.3, -0.25) is 9.59 Å². The summed E-state index contributed by atoms with van der Waals surface area (Å²) in [6, 6.07) is 18.2. The molecule has 4 rings (SSSR count). The highest BCUT2D eigenvalue weighted by atomic mass is 16.6. The molecule has 1 aliphatic heterocycles. The Morgan fingerprint density at radius 1 is 1.05 bits per heavy atom. The molecule has 1 aliphatic rings. The van der Waals surface area contributed by atoms with Crippen LogP contribution in [0.1, 0.15) is 50.2 Å². The minimum atomic E-state index is -1.15. The topological polar surface area (TPSA) is 136 Å². The highest BCUT2D eigenvalue weighted by molar-refractivity contribution is 5.95. The van der Waals surface area contributed by atoms with Crippen LogP contribution in [0.2, 0.25) is 0 Å². The normalized spacial score (nSPS) is 14.5. The van der Waals surface area contributed by atoms with Crippen LogP contribution in [0.5, 0.6) is 17.2 Å². The van der Waals surface area contributed by atoms with Gasteiger partial charge in [-0.2, -0.15) is 0 Å². The Hall–Kier alpha value is -4.83. The number of fused-ring (bicyclic) bond motifs is 1. The quantitative estimate of drug-likeness (QED) is 0.216. The van der Waals surface area contributed by atoms with Gasteiger partial charge in [0.05, 0.1) is 13.7 Å². The zero-order valence-electron chi connectivity index (χ0n) is 23.4. The summed E-state index contributed by atoms with van der Waals surface area (Å²) in [6.07, 6.45) is 1.46. The molecule has 42 heavy (non-hydrogen) atoms. The third-order valence-electron chi connectivity index (χ3n) is 7.00. The Balaban J connectivity index is 1.50. The Morgan fingerprint density at radius 3 is 2.48 bits per heavy atom. The summed E-state index contributed by atoms with van der Waals surface area (Å²) in [7, 11) is 1.60. The van der Waals surface area contributed by atoms with E-state index in [9.17, 15) is 19.5 Å². The molecule has 2 atom stereocenters. The number of nitrogens with one attached hydrogen (secondary N) is 2. The van der Waals surface area contributed by atoms with E-state index in [1.807, 2.05) is 42.5 Å². The second-order valence-corrected chi connectivity index (χ2v) is 10.00. The van der Waals surface area contributed by atoms with Gasteiger partial charge in [0.15, 0.2) is 11.5 Å². The van der Waals surface area contributed by atoms with Crippen molar-refractivity contribution in [2.75, 3.05) is 20.3 Å². The molecule has 0 fully saturated rings. The van der Waals surface area contributed by atoms with Gasteiger partial charge in [-0.05, 0) is 48.4 Å². The monoisotopic (exact) mass is 575 g/mol. The van der Waals surface area contributed by atoms with Gasteiger partial charge in [0.2, 0.25) is 0 Å². The average Bonchev–Trinajstić information content (AvgIpc) is 2.99. The molecule has 1 heterocycles. The van der Waals surface area contributed by atoms with Gasteiger partial charge in [-0.1, -0.05) is 36.9 Å². The summed E-state index contributed by atoms with van der Waals surface area (Å²) < 4.78 is 16.8. The molecule has 4 N–H and O–H groups in total. The van der Waals surface area contributed by atoms with Crippen LogP contribution in [-0.2, 0) is 24.4 Å². The molecule has 0 saturated carbocycles. The molecule has 1 unspecified atom stereocenters. The summed E-state index contributed by atoms with van der Waals surface area (Å²) >= 11 is 0. The zero-order valence-corrected chi connectivity index (χ0v) is 23.4. The number of aromatic carboxylic acids is 1. The first kappa shape index (κ1) is 30.1. The Bertz CT molecular complexity index is 1440. The molecule has 3 aromatic carbocycles. The highest BCUT2D eigenvalue weighted by Crippen LogP contribution is 2.38. The van der Waals surface area contributed by atoms with E-state index in [1.165, 1.54) is 0 Å². The van der Waals surface area contributed by atoms with Crippen molar-refractivity contribution in [2.45, 2.75) is 38.6 Å². The van der Waals surface area contributed by atoms with Gasteiger partial charge < -0.3 is 34.6 Å². The first-order valence-electron chi connectivity index (χ1n) is 13.6. The zero-order chi connectivity index (χ0) is 30.1. The highest BCUT2D eigenvalue weighted by Gasteiger charge is 2.30. The van der Waals surface area contributed by atoms with Gasteiger partial charge in [0.25, 0.3) is 5.91 Å². The van der Waals surface area contributed by atoms with Gasteiger partial charge in [0, 0.05) is 29.7 Å². The third-order valence-corrected chi connectivity index (χ3v) is 7.00. The number of benzene rings is 3. The second kappa shape index (κ2) is 14.2. The number of carboxylic acids is 2. The van der Waals surface area contributed by atoms with Gasteiger partial charge in [-0.25, -0.2) is 4.79 Å². The minimum Gasteiger partial charge on any atom is -0.497 e. The van der Waals surface area contributed by atoms with Crippen LogP contribution < -0.4 is 24.4 Å². The van der Waals surface area contributed by atoms with E-state index in [4.69, 9.17) is 19.3 Å². The van der Waals surface area contributed by atoms with Crippen molar-refractivity contribution in [1.82, 2.24) is 5.32 Å². The lowest BCUT2D eigenvalue weighted by Gasteiger charge is -2.28. The Labute approximate surface area is 244 Å². The van der Waals surface area contributed by atoms with E-state index >= 15 is 0 Å². The number of carbonyl (C=O) groups is 3. The summed E-state index contributed by atoms with van der Waals surface area (Å²) in [5.74, 6) is -1.13. The lowest BCUT2D eigenvalue weighted by atomic mass is 10.0. The van der Waals surface area contributed by atoms with Crippen molar-refractivity contribution in [3.05, 3.63) is 101 Å². The van der Waals surface area contributed by atoms with Crippen molar-refractivity contribution in [1.29, 1.82) is 0 Å². The smallest absolute Gasteiger partial charge is 0.340 e. The number of methoxy groups -OCH3 is 1. The predicted octanol–water partition coefficient (Wildman–Crippen LogP) is 3.10. The fourth-order valence-corrected chi connectivity index (χ4v) is 4.91. The van der Waals surface area contributed by atoms with Crippen molar-refractivity contribution in [3.8, 4) is 17.2 Å². The molecule has 10 nitrogen and oxygen atoms in total. The molecule has 3 aromatic rings. The number of hydrogen-bond acceptors (Lipinski definition) is 6. The molecule has 0 aliphatic carbocycles. The predicted molar refractivity (Wildman–Crippen MR) is 154 cm³/mol. The second-order valence-electron chi connectivity index (χ2n) is 10.00. The van der Waals surface area contributed by atoms with Crippen LogP contribution in [0.25, 0.3) is 0 Å². The van der Waals surface area contributed by atoms with Gasteiger partial charge >= 0.3 is 11.9 Å². The van der Waals surface area contributed by atoms with Crippen LogP contribution in [0.4, 0.5) is 0 Å². The number of carboxylic acid groups (broad SMARTS) is 2. The number of amides is 1. The number of ether oxygens (including phenoxy) is 3. The van der Waals surface area contributed by atoms with E-state index in [0.29, 0.717) is 37.3 Å². The maximum absolute atomic E-state index is 13.2. The van der Waals surface area contributed by atoms with E-state index in [0.717, 1.165) is 21.8 Å². The van der Waals surface area contributed by atoms with E-state index in [1.54, 1.807) is 31.4 Å². The summed E-state index contributed by atoms with van der Waals surface area (Å²) in [5.41, 5.74) is 2.86. The molecule has 10 heteroatoms. The number of hydrogen-bond donors (Lipinski definition) is 4. The lowest BCUT2D eigenvalue weighted by Crippen LogP contribution is -3.09. The molecule has 0 aromatic heterocycles. The van der Waals surface area contributed by atoms with Gasteiger partial charge in [0.1, 0.15) is 37.1 Å². The summed E-state index contributed by atoms with van der Waals surface area (Å²) in [6.45, 7) is 5.59. The van der Waals surface area contributed by atoms with Crippen LogP contribution in [0.15, 0.2) is 73.3 Å². The molecule has 0 spiro atoms. The van der Waals surface area contributed by atoms with E-state index in [-0.39, 0.29) is 42.4 Å². The van der Waals surface area contributed by atoms with E-state index < -0.39 is 18.0 Å². The number of aliphatic carboxylic acids is 1. The minimum absolute atomic E-state index is 0.0104. The fraction of sp³-hybridized carbons (Fsp3) is 0.281. The van der Waals surface area contributed by atoms with Crippen LogP contribution in [0.3, 0.4) is 0 Å². The average molecular weight is 576 g/mol. The molecule has 0 bridgehead atoms. The summed E-state index contributed by atoms with van der Waals surface area (Å²) in [5, 5.41) is 22.0. The van der Waals surface area contributed by atoms with E-state index in [2.05, 4.69) is 11.9 Å². The Morgan fingerprint density at radius 2 is 1.79 bits per heavy atom. The van der Waals surface area contributed by atoms with Crippen molar-refractivity contribution in [3.63, 3.8) is 0 Å². The van der Waals surface area contributed by atoms with Gasteiger partial charge in [-0.15, -0.1) is 0 Å². The number of rotatable bonds is 14. The van der Waals surface area contributed by atoms with Crippen LogP contribution in [0, 0.1) is 0 Å². The molecule has 0 saturated heterocycles. The molecular formula is C32H35N2O8+. The molecule has 220 valence electrons. The van der Waals surface area contributed by atoms with Crippen molar-refractivity contribution >= 4 is 17.8 Å². The number of carbonyl (C=O) groups excluding carboxylic acids is 1. The summed E-state index contributed by atoms with van der Waals surface area (Å²) in [4.78, 5) is 37.4. The molecular weight excluding hydrogens is 540 g/mol. The first-order valence-corrected chi connectivity index (χ1v) is 13.6. The molecule has 0 radical (unpaired) electrons. The van der Waals surface area contributed by atoms with Crippen molar-refractivity contribution < 1.29 is 43.7 Å². The maximum atomic E-state index is 13.2. The number of quaternary nitrogens is 1. The largest absolute Gasteiger partial charge is 0.497 e. The molecule has 1 amide bonds. The Kier molecular flexibility index (Phi) is 10.2. The maximum Gasteiger partial charge on any atom is 0.340 e. The SMILES string of the molecule is C=CC[NH+](Cc1ccccc1C(=O)NCc1ccc(OC)cc1)Cc1ccc2c(c1C(=O)O)OC[C@H](CCC(=O)O)O2. The first-order chi connectivity index (χ1) is 20.3.